The van der Waals surface area contributed by atoms with Gasteiger partial charge in [-0.1, -0.05) is 35.9 Å². The summed E-state index contributed by atoms with van der Waals surface area (Å²) >= 11 is 6.00. The summed E-state index contributed by atoms with van der Waals surface area (Å²) in [4.78, 5) is 4.04. The van der Waals surface area contributed by atoms with E-state index in [-0.39, 0.29) is 5.75 Å². The highest BCUT2D eigenvalue weighted by Crippen LogP contribution is 2.20. The molecule has 1 aromatic carbocycles. The molecule has 0 unspecified atom stereocenters. The minimum absolute atomic E-state index is 0.158. The highest BCUT2D eigenvalue weighted by atomic mass is 35.5. The summed E-state index contributed by atoms with van der Waals surface area (Å²) in [6.07, 6.45) is 5.19. The van der Waals surface area contributed by atoms with E-state index in [0.717, 1.165) is 5.56 Å². The predicted octanol–water partition coefficient (Wildman–Crippen LogP) is 3.61. The Hall–Kier alpha value is -1.80. The number of hydrogen-bond donors (Lipinski definition) is 1. The quantitative estimate of drug-likeness (QED) is 0.857. The molecule has 0 atom stereocenters. The van der Waals surface area contributed by atoms with Crippen molar-refractivity contribution in [3.8, 4) is 5.75 Å². The average molecular weight is 232 g/mol. The summed E-state index contributed by atoms with van der Waals surface area (Å²) in [6.45, 7) is 0. The molecule has 2 rings (SSSR count). The molecule has 3 heteroatoms. The van der Waals surface area contributed by atoms with E-state index in [2.05, 4.69) is 4.98 Å². The third-order valence-electron chi connectivity index (χ3n) is 2.14. The maximum Gasteiger partial charge on any atom is 0.141 e. The van der Waals surface area contributed by atoms with Gasteiger partial charge in [-0.2, -0.15) is 0 Å². The van der Waals surface area contributed by atoms with Gasteiger partial charge >= 0.3 is 0 Å². The van der Waals surface area contributed by atoms with Gasteiger partial charge in [0.15, 0.2) is 0 Å². The molecule has 16 heavy (non-hydrogen) atoms. The number of hydrogen-bond acceptors (Lipinski definition) is 2. The molecule has 0 aliphatic rings. The Morgan fingerprint density at radius 3 is 2.62 bits per heavy atom. The SMILES string of the molecule is Oc1cccnc1/C=C/c1ccccc1Cl. The molecular weight excluding hydrogens is 222 g/mol. The van der Waals surface area contributed by atoms with E-state index in [1.54, 1.807) is 24.4 Å². The summed E-state index contributed by atoms with van der Waals surface area (Å²) in [5.74, 6) is 0.158. The van der Waals surface area contributed by atoms with E-state index >= 15 is 0 Å². The van der Waals surface area contributed by atoms with E-state index < -0.39 is 0 Å². The van der Waals surface area contributed by atoms with Crippen LogP contribution in [-0.2, 0) is 0 Å². The molecule has 1 heterocycles. The molecule has 0 fully saturated rings. The molecule has 0 spiro atoms. The molecule has 0 saturated carbocycles. The first kappa shape index (κ1) is 10.7. The lowest BCUT2D eigenvalue weighted by Crippen LogP contribution is -1.80. The second-order valence-corrected chi connectivity index (χ2v) is 3.67. The van der Waals surface area contributed by atoms with Gasteiger partial charge in [0, 0.05) is 11.2 Å². The van der Waals surface area contributed by atoms with E-state index in [1.165, 1.54) is 0 Å². The third kappa shape index (κ3) is 2.41. The van der Waals surface area contributed by atoms with Crippen LogP contribution in [0.5, 0.6) is 5.75 Å². The normalized spacial score (nSPS) is 10.8. The summed E-state index contributed by atoms with van der Waals surface area (Å²) in [6, 6.07) is 10.8. The van der Waals surface area contributed by atoms with Gasteiger partial charge in [0.25, 0.3) is 0 Å². The maximum absolute atomic E-state index is 9.51. The van der Waals surface area contributed by atoms with Crippen LogP contribution in [0.15, 0.2) is 42.6 Å². The van der Waals surface area contributed by atoms with Crippen LogP contribution in [0.3, 0.4) is 0 Å². The average Bonchev–Trinajstić information content (AvgIpc) is 2.30. The highest BCUT2D eigenvalue weighted by Gasteiger charge is 1.97. The topological polar surface area (TPSA) is 33.1 Å². The van der Waals surface area contributed by atoms with Crippen LogP contribution in [-0.4, -0.2) is 10.1 Å². The summed E-state index contributed by atoms with van der Waals surface area (Å²) in [5.41, 5.74) is 1.43. The van der Waals surface area contributed by atoms with Crippen LogP contribution in [0.1, 0.15) is 11.3 Å². The number of pyridine rings is 1. The second-order valence-electron chi connectivity index (χ2n) is 3.26. The number of aromatic nitrogens is 1. The summed E-state index contributed by atoms with van der Waals surface area (Å²) in [5, 5.41) is 10.2. The van der Waals surface area contributed by atoms with Gasteiger partial charge in [-0.25, -0.2) is 0 Å². The monoisotopic (exact) mass is 231 g/mol. The lowest BCUT2D eigenvalue weighted by molar-refractivity contribution is 0.471. The standard InChI is InChI=1S/C13H10ClNO/c14-11-5-2-1-4-10(11)7-8-12-13(16)6-3-9-15-12/h1-9,16H/b8-7+. The zero-order valence-corrected chi connectivity index (χ0v) is 9.22. The van der Waals surface area contributed by atoms with Crippen LogP contribution in [0.4, 0.5) is 0 Å². The Balaban J connectivity index is 2.29. The largest absolute Gasteiger partial charge is 0.506 e. The van der Waals surface area contributed by atoms with E-state index in [0.29, 0.717) is 10.7 Å². The van der Waals surface area contributed by atoms with Gasteiger partial charge in [0.2, 0.25) is 0 Å². The minimum atomic E-state index is 0.158. The smallest absolute Gasteiger partial charge is 0.141 e. The van der Waals surface area contributed by atoms with Gasteiger partial charge in [-0.3, -0.25) is 4.98 Å². The molecule has 0 saturated heterocycles. The van der Waals surface area contributed by atoms with E-state index in [9.17, 15) is 5.11 Å². The van der Waals surface area contributed by atoms with Gasteiger partial charge in [-0.05, 0) is 29.8 Å². The number of halogens is 1. The van der Waals surface area contributed by atoms with E-state index in [4.69, 9.17) is 11.6 Å². The van der Waals surface area contributed by atoms with Crippen molar-refractivity contribution in [3.63, 3.8) is 0 Å². The lowest BCUT2D eigenvalue weighted by Gasteiger charge is -1.98. The van der Waals surface area contributed by atoms with Crippen LogP contribution < -0.4 is 0 Å². The van der Waals surface area contributed by atoms with Gasteiger partial charge in [0.05, 0.1) is 0 Å². The molecule has 2 aromatic rings. The third-order valence-corrected chi connectivity index (χ3v) is 2.49. The molecule has 0 aliphatic heterocycles. The Labute approximate surface area is 98.8 Å². The van der Waals surface area contributed by atoms with Crippen molar-refractivity contribution < 1.29 is 5.11 Å². The van der Waals surface area contributed by atoms with Crippen LogP contribution in [0.2, 0.25) is 5.02 Å². The first-order valence-electron chi connectivity index (χ1n) is 4.84. The fourth-order valence-corrected chi connectivity index (χ4v) is 1.52. The van der Waals surface area contributed by atoms with Crippen molar-refractivity contribution in [2.24, 2.45) is 0 Å². The summed E-state index contributed by atoms with van der Waals surface area (Å²) < 4.78 is 0. The van der Waals surface area contributed by atoms with Crippen molar-refractivity contribution in [1.82, 2.24) is 4.98 Å². The lowest BCUT2D eigenvalue weighted by atomic mass is 10.2. The second kappa shape index (κ2) is 4.81. The predicted molar refractivity (Wildman–Crippen MR) is 66.3 cm³/mol. The minimum Gasteiger partial charge on any atom is -0.506 e. The van der Waals surface area contributed by atoms with Crippen LogP contribution in [0.25, 0.3) is 12.2 Å². The number of nitrogens with zero attached hydrogens (tertiary/aromatic N) is 1. The molecule has 1 N–H and O–H groups in total. The molecule has 2 nitrogen and oxygen atoms in total. The van der Waals surface area contributed by atoms with Gasteiger partial charge < -0.3 is 5.11 Å². The number of rotatable bonds is 2. The number of aromatic hydroxyl groups is 1. The molecule has 80 valence electrons. The van der Waals surface area contributed by atoms with Crippen molar-refractivity contribution in [3.05, 3.63) is 58.9 Å². The van der Waals surface area contributed by atoms with Crippen LogP contribution in [0, 0.1) is 0 Å². The zero-order valence-electron chi connectivity index (χ0n) is 8.47. The Kier molecular flexibility index (Phi) is 3.22. The first-order chi connectivity index (χ1) is 7.77. The molecular formula is C13H10ClNO. The fourth-order valence-electron chi connectivity index (χ4n) is 1.32. The Morgan fingerprint density at radius 1 is 1.06 bits per heavy atom. The van der Waals surface area contributed by atoms with Crippen molar-refractivity contribution in [2.75, 3.05) is 0 Å². The van der Waals surface area contributed by atoms with Gasteiger partial charge in [-0.15, -0.1) is 0 Å². The Bertz CT molecular complexity index is 475. The molecule has 0 aliphatic carbocycles. The van der Waals surface area contributed by atoms with E-state index in [1.807, 2.05) is 30.3 Å². The van der Waals surface area contributed by atoms with Gasteiger partial charge in [0.1, 0.15) is 11.4 Å². The van der Waals surface area contributed by atoms with Crippen molar-refractivity contribution in [2.45, 2.75) is 0 Å². The fraction of sp³-hybridized carbons (Fsp3) is 0. The molecule has 0 bridgehead atoms. The molecule has 0 radical (unpaired) electrons. The Morgan fingerprint density at radius 2 is 1.88 bits per heavy atom. The molecule has 0 amide bonds. The first-order valence-corrected chi connectivity index (χ1v) is 5.22. The van der Waals surface area contributed by atoms with Crippen LogP contribution >= 0.6 is 11.6 Å². The zero-order chi connectivity index (χ0) is 11.4. The number of benzene rings is 1. The van der Waals surface area contributed by atoms with Crippen molar-refractivity contribution >= 4 is 23.8 Å². The van der Waals surface area contributed by atoms with Crippen molar-refractivity contribution in [1.29, 1.82) is 0 Å². The summed E-state index contributed by atoms with van der Waals surface area (Å²) in [7, 11) is 0. The molecule has 1 aromatic heterocycles. The maximum atomic E-state index is 9.51. The highest BCUT2D eigenvalue weighted by molar-refractivity contribution is 6.32.